The van der Waals surface area contributed by atoms with Crippen LogP contribution in [-0.2, 0) is 5.54 Å². The Balaban J connectivity index is 2.08. The van der Waals surface area contributed by atoms with Gasteiger partial charge in [-0.2, -0.15) is 10.2 Å². The van der Waals surface area contributed by atoms with Gasteiger partial charge < -0.3 is 5.11 Å². The second-order valence-corrected chi connectivity index (χ2v) is 9.89. The molecule has 0 amide bonds. The van der Waals surface area contributed by atoms with Crippen molar-refractivity contribution in [1.29, 1.82) is 0 Å². The Morgan fingerprint density at radius 3 is 1.22 bits per heavy atom. The number of benzene rings is 4. The van der Waals surface area contributed by atoms with Crippen LogP contribution in [0.5, 0.6) is 0 Å². The molecule has 0 aliphatic heterocycles. The van der Waals surface area contributed by atoms with Crippen molar-refractivity contribution < 1.29 is 9.90 Å². The lowest BCUT2D eigenvalue weighted by atomic mass is 9.75. The number of carboxylic acids is 1. The van der Waals surface area contributed by atoms with Crippen LogP contribution in [0, 0.1) is 41.5 Å². The molecule has 0 atom stereocenters. The Bertz CT molecular complexity index is 1280. The van der Waals surface area contributed by atoms with E-state index in [1.54, 1.807) is 24.3 Å². The van der Waals surface area contributed by atoms with E-state index in [1.807, 2.05) is 0 Å². The normalized spacial score (nSPS) is 11.7. The van der Waals surface area contributed by atoms with E-state index in [2.05, 4.69) is 96.1 Å². The number of hydrogen-bond acceptors (Lipinski definition) is 3. The third-order valence-electron chi connectivity index (χ3n) is 6.35. The minimum absolute atomic E-state index is 0.221. The summed E-state index contributed by atoms with van der Waals surface area (Å²) in [5.41, 5.74) is 9.99. The summed E-state index contributed by atoms with van der Waals surface area (Å²) in [7, 11) is 0. The summed E-state index contributed by atoms with van der Waals surface area (Å²) in [6.07, 6.45) is 0. The Morgan fingerprint density at radius 2 is 0.917 bits per heavy atom. The van der Waals surface area contributed by atoms with Crippen LogP contribution in [0.1, 0.15) is 60.4 Å². The van der Waals surface area contributed by atoms with Gasteiger partial charge in [0.05, 0.1) is 11.3 Å². The number of aromatic carboxylic acids is 1. The Morgan fingerprint density at radius 1 is 0.583 bits per heavy atom. The summed E-state index contributed by atoms with van der Waals surface area (Å²) >= 11 is 0. The van der Waals surface area contributed by atoms with Gasteiger partial charge in [0.25, 0.3) is 0 Å². The van der Waals surface area contributed by atoms with Gasteiger partial charge in [-0.25, -0.2) is 4.79 Å². The van der Waals surface area contributed by atoms with Gasteiger partial charge in [0.2, 0.25) is 0 Å². The molecule has 4 rings (SSSR count). The summed E-state index contributed by atoms with van der Waals surface area (Å²) in [5, 5.41) is 19.1. The van der Waals surface area contributed by atoms with E-state index in [4.69, 9.17) is 10.2 Å². The van der Waals surface area contributed by atoms with E-state index in [-0.39, 0.29) is 5.56 Å². The third-order valence-corrected chi connectivity index (χ3v) is 6.35. The van der Waals surface area contributed by atoms with Crippen molar-refractivity contribution in [3.63, 3.8) is 0 Å². The standard InChI is InChI=1S/C32H32N2O2/c1-20-11-21(2)15-27(14-20)32(28-16-22(3)12-23(4)17-28,29-18-24(5)13-25(6)19-29)34-33-30-9-7-26(8-10-30)31(35)36/h7-19H,1-6H3,(H,35,36). The number of carboxylic acid groups (broad SMARTS) is 1. The van der Waals surface area contributed by atoms with E-state index < -0.39 is 11.5 Å². The van der Waals surface area contributed by atoms with E-state index in [0.29, 0.717) is 5.69 Å². The van der Waals surface area contributed by atoms with Crippen LogP contribution < -0.4 is 0 Å². The highest BCUT2D eigenvalue weighted by molar-refractivity contribution is 5.87. The van der Waals surface area contributed by atoms with Crippen molar-refractivity contribution in [1.82, 2.24) is 0 Å². The Kier molecular flexibility index (Phi) is 6.89. The number of aryl methyl sites for hydroxylation is 6. The van der Waals surface area contributed by atoms with Crippen LogP contribution in [0.4, 0.5) is 5.69 Å². The molecule has 4 heteroatoms. The Labute approximate surface area is 213 Å². The first-order chi connectivity index (χ1) is 17.1. The molecule has 4 nitrogen and oxygen atoms in total. The molecular formula is C32H32N2O2. The zero-order valence-corrected chi connectivity index (χ0v) is 21.8. The predicted octanol–water partition coefficient (Wildman–Crippen LogP) is 8.31. The van der Waals surface area contributed by atoms with Crippen LogP contribution in [-0.4, -0.2) is 11.1 Å². The van der Waals surface area contributed by atoms with Crippen molar-refractivity contribution >= 4 is 11.7 Å². The number of carbonyl (C=O) groups is 1. The lowest BCUT2D eigenvalue weighted by molar-refractivity contribution is 0.0697. The molecule has 0 aliphatic carbocycles. The second kappa shape index (κ2) is 9.90. The topological polar surface area (TPSA) is 62.0 Å². The lowest BCUT2D eigenvalue weighted by Gasteiger charge is -2.32. The molecular weight excluding hydrogens is 444 g/mol. The van der Waals surface area contributed by atoms with Crippen molar-refractivity contribution in [2.24, 2.45) is 10.2 Å². The molecule has 0 saturated heterocycles. The summed E-state index contributed by atoms with van der Waals surface area (Å²) in [4.78, 5) is 11.3. The molecule has 1 N–H and O–H groups in total. The maximum absolute atomic E-state index is 11.3. The minimum Gasteiger partial charge on any atom is -0.478 e. The molecule has 0 bridgehead atoms. The van der Waals surface area contributed by atoms with Crippen LogP contribution in [0.25, 0.3) is 0 Å². The highest BCUT2D eigenvalue weighted by atomic mass is 16.4. The molecule has 0 heterocycles. The highest BCUT2D eigenvalue weighted by Gasteiger charge is 2.38. The first kappa shape index (κ1) is 25.1. The molecule has 0 saturated carbocycles. The van der Waals surface area contributed by atoms with Gasteiger partial charge in [-0.05, 0) is 82.5 Å². The van der Waals surface area contributed by atoms with Crippen molar-refractivity contribution in [3.05, 3.63) is 134 Å². The molecule has 0 radical (unpaired) electrons. The average molecular weight is 477 g/mol. The molecule has 0 aromatic heterocycles. The maximum Gasteiger partial charge on any atom is 0.335 e. The summed E-state index contributed by atoms with van der Waals surface area (Å²) in [5.74, 6) is -0.964. The molecule has 0 fully saturated rings. The molecule has 0 spiro atoms. The Hall–Kier alpha value is -4.05. The highest BCUT2D eigenvalue weighted by Crippen LogP contribution is 2.43. The van der Waals surface area contributed by atoms with Crippen molar-refractivity contribution in [3.8, 4) is 0 Å². The van der Waals surface area contributed by atoms with E-state index in [1.165, 1.54) is 0 Å². The maximum atomic E-state index is 11.3. The molecule has 4 aromatic carbocycles. The van der Waals surface area contributed by atoms with Gasteiger partial charge in [-0.15, -0.1) is 0 Å². The lowest BCUT2D eigenvalue weighted by Crippen LogP contribution is -2.28. The smallest absolute Gasteiger partial charge is 0.335 e. The first-order valence-corrected chi connectivity index (χ1v) is 12.1. The summed E-state index contributed by atoms with van der Waals surface area (Å²) < 4.78 is 0. The van der Waals surface area contributed by atoms with Gasteiger partial charge in [0.1, 0.15) is 0 Å². The van der Waals surface area contributed by atoms with Crippen LogP contribution in [0.2, 0.25) is 0 Å². The monoisotopic (exact) mass is 476 g/mol. The van der Waals surface area contributed by atoms with Crippen LogP contribution >= 0.6 is 0 Å². The van der Waals surface area contributed by atoms with E-state index >= 15 is 0 Å². The van der Waals surface area contributed by atoms with Gasteiger partial charge in [0.15, 0.2) is 5.54 Å². The molecule has 0 unspecified atom stereocenters. The summed E-state index contributed by atoms with van der Waals surface area (Å²) in [6, 6.07) is 26.1. The summed E-state index contributed by atoms with van der Waals surface area (Å²) in [6.45, 7) is 12.6. The van der Waals surface area contributed by atoms with E-state index in [9.17, 15) is 9.90 Å². The van der Waals surface area contributed by atoms with Gasteiger partial charge in [-0.3, -0.25) is 0 Å². The zero-order valence-electron chi connectivity index (χ0n) is 21.8. The van der Waals surface area contributed by atoms with Gasteiger partial charge in [-0.1, -0.05) is 88.0 Å². The number of rotatable bonds is 6. The quantitative estimate of drug-likeness (QED) is 0.225. The average Bonchev–Trinajstić information content (AvgIpc) is 2.78. The molecule has 4 aromatic rings. The fraction of sp³-hybridized carbons (Fsp3) is 0.219. The molecule has 0 aliphatic rings. The molecule has 182 valence electrons. The number of nitrogens with zero attached hydrogens (tertiary/aromatic N) is 2. The second-order valence-electron chi connectivity index (χ2n) is 9.89. The van der Waals surface area contributed by atoms with Crippen molar-refractivity contribution in [2.45, 2.75) is 47.1 Å². The van der Waals surface area contributed by atoms with E-state index in [0.717, 1.165) is 50.1 Å². The zero-order chi connectivity index (χ0) is 26.0. The van der Waals surface area contributed by atoms with Crippen LogP contribution in [0.3, 0.4) is 0 Å². The number of azo groups is 1. The largest absolute Gasteiger partial charge is 0.478 e. The third kappa shape index (κ3) is 5.13. The molecule has 36 heavy (non-hydrogen) atoms. The predicted molar refractivity (Wildman–Crippen MR) is 146 cm³/mol. The van der Waals surface area contributed by atoms with Gasteiger partial charge >= 0.3 is 5.97 Å². The first-order valence-electron chi connectivity index (χ1n) is 12.1. The minimum atomic E-state index is -0.964. The van der Waals surface area contributed by atoms with Crippen molar-refractivity contribution in [2.75, 3.05) is 0 Å². The number of hydrogen-bond donors (Lipinski definition) is 1. The van der Waals surface area contributed by atoms with Gasteiger partial charge in [0, 0.05) is 0 Å². The fourth-order valence-electron chi connectivity index (χ4n) is 5.03. The SMILES string of the molecule is Cc1cc(C)cc(C(N=Nc2ccc(C(=O)O)cc2)(c2cc(C)cc(C)c2)c2cc(C)cc(C)c2)c1. The van der Waals surface area contributed by atoms with Crippen LogP contribution in [0.15, 0.2) is 89.1 Å². The fourth-order valence-corrected chi connectivity index (χ4v) is 5.03.